The Labute approximate surface area is 167 Å². The van der Waals surface area contributed by atoms with Crippen molar-refractivity contribution in [3.63, 3.8) is 0 Å². The average Bonchev–Trinajstić information content (AvgIpc) is 2.75. The maximum absolute atomic E-state index is 11.7. The molecule has 1 aromatic carbocycles. The standard InChI is InChI=1S/C19H20N8O2/c1-3-21-18(28)27-17(20)26-15-6-5-12(13-10-24-19(29-2)25-11-13)9-14(15)16-22-7-4-8-23-16/h4-11H,3H2,1-2H3,(H4,20,21,26,27,28). The topological polar surface area (TPSA) is 140 Å². The zero-order valence-electron chi connectivity index (χ0n) is 16.0. The summed E-state index contributed by atoms with van der Waals surface area (Å²) in [5.74, 6) is 0.419. The minimum absolute atomic E-state index is 0.0475. The average molecular weight is 392 g/mol. The maximum Gasteiger partial charge on any atom is 0.321 e. The Hall–Kier alpha value is -4.08. The second-order valence-corrected chi connectivity index (χ2v) is 5.74. The van der Waals surface area contributed by atoms with Crippen LogP contribution in [0.3, 0.4) is 0 Å². The molecule has 0 bridgehead atoms. The molecule has 0 spiro atoms. The summed E-state index contributed by atoms with van der Waals surface area (Å²) < 4.78 is 5.00. The van der Waals surface area contributed by atoms with Gasteiger partial charge in [0.15, 0.2) is 5.82 Å². The summed E-state index contributed by atoms with van der Waals surface area (Å²) in [5.41, 5.74) is 8.63. The van der Waals surface area contributed by atoms with Crippen LogP contribution in [0.15, 0.2) is 54.0 Å². The van der Waals surface area contributed by atoms with E-state index in [-0.39, 0.29) is 12.0 Å². The molecule has 148 valence electrons. The summed E-state index contributed by atoms with van der Waals surface area (Å²) >= 11 is 0. The Balaban J connectivity index is 2.01. The molecule has 10 heteroatoms. The van der Waals surface area contributed by atoms with Crippen LogP contribution in [0.5, 0.6) is 6.01 Å². The van der Waals surface area contributed by atoms with E-state index in [9.17, 15) is 4.79 Å². The highest BCUT2D eigenvalue weighted by atomic mass is 16.5. The minimum Gasteiger partial charge on any atom is -0.467 e. The van der Waals surface area contributed by atoms with Gasteiger partial charge in [-0.2, -0.15) is 0 Å². The van der Waals surface area contributed by atoms with E-state index in [0.717, 1.165) is 11.1 Å². The maximum atomic E-state index is 11.7. The van der Waals surface area contributed by atoms with Crippen molar-refractivity contribution in [2.75, 3.05) is 13.7 Å². The van der Waals surface area contributed by atoms with Gasteiger partial charge in [-0.3, -0.25) is 5.32 Å². The number of aliphatic imine (C=N–C) groups is 1. The number of hydrogen-bond acceptors (Lipinski definition) is 7. The lowest BCUT2D eigenvalue weighted by Gasteiger charge is -2.10. The van der Waals surface area contributed by atoms with Gasteiger partial charge >= 0.3 is 12.0 Å². The second kappa shape index (κ2) is 9.22. The fourth-order valence-electron chi connectivity index (χ4n) is 2.48. The molecule has 2 heterocycles. The van der Waals surface area contributed by atoms with Gasteiger partial charge in [-0.25, -0.2) is 29.7 Å². The molecule has 2 amide bonds. The minimum atomic E-state index is -0.432. The van der Waals surface area contributed by atoms with Crippen molar-refractivity contribution >= 4 is 17.7 Å². The molecule has 0 aliphatic rings. The first-order valence-electron chi connectivity index (χ1n) is 8.77. The van der Waals surface area contributed by atoms with Gasteiger partial charge in [0.2, 0.25) is 5.96 Å². The van der Waals surface area contributed by atoms with Gasteiger partial charge in [-0.05, 0) is 30.7 Å². The number of guanidine groups is 1. The third-order valence-electron chi connectivity index (χ3n) is 3.77. The molecule has 0 radical (unpaired) electrons. The normalized spacial score (nSPS) is 11.0. The van der Waals surface area contributed by atoms with E-state index in [2.05, 4.69) is 35.6 Å². The first-order valence-corrected chi connectivity index (χ1v) is 8.77. The predicted molar refractivity (Wildman–Crippen MR) is 109 cm³/mol. The highest BCUT2D eigenvalue weighted by Gasteiger charge is 2.12. The van der Waals surface area contributed by atoms with E-state index in [0.29, 0.717) is 23.6 Å². The summed E-state index contributed by atoms with van der Waals surface area (Å²) in [5, 5.41) is 5.06. The molecule has 10 nitrogen and oxygen atoms in total. The van der Waals surface area contributed by atoms with Gasteiger partial charge in [0.1, 0.15) is 0 Å². The number of hydrogen-bond donors (Lipinski definition) is 3. The van der Waals surface area contributed by atoms with E-state index in [1.54, 1.807) is 43.8 Å². The Morgan fingerprint density at radius 3 is 2.52 bits per heavy atom. The van der Waals surface area contributed by atoms with E-state index in [4.69, 9.17) is 10.5 Å². The monoisotopic (exact) mass is 392 g/mol. The van der Waals surface area contributed by atoms with Crippen molar-refractivity contribution in [1.29, 1.82) is 0 Å². The molecule has 0 aliphatic carbocycles. The zero-order chi connectivity index (χ0) is 20.6. The molecule has 0 atom stereocenters. The quantitative estimate of drug-likeness (QED) is 0.445. The molecule has 4 N–H and O–H groups in total. The van der Waals surface area contributed by atoms with Gasteiger partial charge in [0, 0.05) is 42.5 Å². The number of methoxy groups -OCH3 is 1. The van der Waals surface area contributed by atoms with Gasteiger partial charge < -0.3 is 15.8 Å². The number of amides is 2. The fraction of sp³-hybridized carbons (Fsp3) is 0.158. The van der Waals surface area contributed by atoms with Crippen molar-refractivity contribution in [2.45, 2.75) is 6.92 Å². The van der Waals surface area contributed by atoms with E-state index in [1.165, 1.54) is 7.11 Å². The number of carbonyl (C=O) groups excluding carboxylic acids is 1. The Bertz CT molecular complexity index is 1010. The van der Waals surface area contributed by atoms with Crippen molar-refractivity contribution in [1.82, 2.24) is 30.6 Å². The lowest BCUT2D eigenvalue weighted by atomic mass is 10.0. The third-order valence-corrected chi connectivity index (χ3v) is 3.77. The lowest BCUT2D eigenvalue weighted by molar-refractivity contribution is 0.245. The smallest absolute Gasteiger partial charge is 0.321 e. The highest BCUT2D eigenvalue weighted by Crippen LogP contribution is 2.32. The Morgan fingerprint density at radius 1 is 1.14 bits per heavy atom. The number of urea groups is 1. The van der Waals surface area contributed by atoms with Crippen LogP contribution in [-0.2, 0) is 0 Å². The van der Waals surface area contributed by atoms with Crippen LogP contribution in [0.2, 0.25) is 0 Å². The Morgan fingerprint density at radius 2 is 1.86 bits per heavy atom. The summed E-state index contributed by atoms with van der Waals surface area (Å²) in [7, 11) is 1.51. The first-order chi connectivity index (χ1) is 14.1. The van der Waals surface area contributed by atoms with Crippen LogP contribution in [0, 0.1) is 0 Å². The van der Waals surface area contributed by atoms with Gasteiger partial charge in [-0.15, -0.1) is 0 Å². The molecule has 29 heavy (non-hydrogen) atoms. The summed E-state index contributed by atoms with van der Waals surface area (Å²) in [6.45, 7) is 2.28. The fourth-order valence-corrected chi connectivity index (χ4v) is 2.48. The number of rotatable bonds is 5. The van der Waals surface area contributed by atoms with Crippen molar-refractivity contribution in [2.24, 2.45) is 10.7 Å². The lowest BCUT2D eigenvalue weighted by Crippen LogP contribution is -2.43. The van der Waals surface area contributed by atoms with E-state index in [1.807, 2.05) is 12.1 Å². The molecule has 0 aliphatic heterocycles. The summed E-state index contributed by atoms with van der Waals surface area (Å²) in [6, 6.07) is 7.04. The van der Waals surface area contributed by atoms with Gasteiger partial charge in [0.05, 0.1) is 12.8 Å². The first kappa shape index (κ1) is 19.7. The number of carbonyl (C=O) groups is 1. The molecule has 0 saturated carbocycles. The molecule has 3 aromatic rings. The van der Waals surface area contributed by atoms with Crippen LogP contribution in [-0.4, -0.2) is 45.6 Å². The largest absolute Gasteiger partial charge is 0.467 e. The number of nitrogens with two attached hydrogens (primary N) is 1. The number of aromatic nitrogens is 4. The van der Waals surface area contributed by atoms with Crippen molar-refractivity contribution in [3.8, 4) is 28.5 Å². The van der Waals surface area contributed by atoms with Crippen LogP contribution < -0.4 is 21.1 Å². The molecule has 0 saturated heterocycles. The predicted octanol–water partition coefficient (Wildman–Crippen LogP) is 1.87. The van der Waals surface area contributed by atoms with Gasteiger partial charge in [-0.1, -0.05) is 6.07 Å². The third kappa shape index (κ3) is 5.01. The molecule has 0 unspecified atom stereocenters. The van der Waals surface area contributed by atoms with Crippen LogP contribution in [0.1, 0.15) is 6.92 Å². The number of nitrogens with zero attached hydrogens (tertiary/aromatic N) is 5. The summed E-state index contributed by atoms with van der Waals surface area (Å²) in [6.07, 6.45) is 6.58. The molecule has 0 fully saturated rings. The van der Waals surface area contributed by atoms with E-state index >= 15 is 0 Å². The second-order valence-electron chi connectivity index (χ2n) is 5.74. The Kier molecular flexibility index (Phi) is 6.25. The molecular formula is C19H20N8O2. The molecular weight excluding hydrogens is 372 g/mol. The van der Waals surface area contributed by atoms with Crippen LogP contribution in [0.25, 0.3) is 22.5 Å². The number of nitrogens with one attached hydrogen (secondary N) is 2. The van der Waals surface area contributed by atoms with Crippen molar-refractivity contribution in [3.05, 3.63) is 49.1 Å². The summed E-state index contributed by atoms with van der Waals surface area (Å²) in [4.78, 5) is 32.8. The van der Waals surface area contributed by atoms with E-state index < -0.39 is 6.03 Å². The van der Waals surface area contributed by atoms with Gasteiger partial charge in [0.25, 0.3) is 0 Å². The van der Waals surface area contributed by atoms with Crippen LogP contribution in [0.4, 0.5) is 10.5 Å². The number of benzene rings is 1. The molecule has 3 rings (SSSR count). The molecule has 2 aromatic heterocycles. The highest BCUT2D eigenvalue weighted by molar-refractivity contribution is 5.97. The zero-order valence-corrected chi connectivity index (χ0v) is 16.0. The number of ether oxygens (including phenoxy) is 1. The SMILES string of the molecule is CCNC(=O)NC(N)=Nc1ccc(-c2cnc(OC)nc2)cc1-c1ncccn1. The van der Waals surface area contributed by atoms with Crippen molar-refractivity contribution < 1.29 is 9.53 Å². The van der Waals surface area contributed by atoms with Crippen LogP contribution >= 0.6 is 0 Å².